The van der Waals surface area contributed by atoms with Crippen LogP contribution in [0.4, 0.5) is 0 Å². The predicted octanol–water partition coefficient (Wildman–Crippen LogP) is 13.1. The van der Waals surface area contributed by atoms with Crippen LogP contribution < -0.4 is 0 Å². The van der Waals surface area contributed by atoms with Crippen LogP contribution >= 0.6 is 11.3 Å². The molecule has 3 heterocycles. The smallest absolute Gasteiger partial charge is 0.165 e. The van der Waals surface area contributed by atoms with E-state index in [1.807, 2.05) is 30.3 Å². The van der Waals surface area contributed by atoms with Gasteiger partial charge in [0.2, 0.25) is 0 Å². The van der Waals surface area contributed by atoms with E-state index in [2.05, 4.69) is 135 Å². The second-order valence-electron chi connectivity index (χ2n) is 14.4. The van der Waals surface area contributed by atoms with Crippen LogP contribution in [0, 0.1) is 0 Å². The number of aromatic nitrogens is 3. The highest BCUT2D eigenvalue weighted by Gasteiger charge is 2.36. The van der Waals surface area contributed by atoms with Crippen molar-refractivity contribution in [3.8, 4) is 56.4 Å². The molecule has 0 fully saturated rings. The first kappa shape index (κ1) is 30.2. The summed E-state index contributed by atoms with van der Waals surface area (Å²) >= 11 is 1.79. The molecule has 0 radical (unpaired) electrons. The van der Waals surface area contributed by atoms with E-state index in [9.17, 15) is 0 Å². The normalized spacial score (nSPS) is 13.2. The molecule has 0 N–H and O–H groups in total. The summed E-state index contributed by atoms with van der Waals surface area (Å²) in [6.45, 7) is 4.63. The minimum absolute atomic E-state index is 0.148. The number of hydrogen-bond donors (Lipinski definition) is 0. The van der Waals surface area contributed by atoms with E-state index in [1.165, 1.54) is 42.4 Å². The fourth-order valence-corrected chi connectivity index (χ4v) is 9.46. The average molecular weight is 698 g/mol. The van der Waals surface area contributed by atoms with Gasteiger partial charge < -0.3 is 4.42 Å². The van der Waals surface area contributed by atoms with Gasteiger partial charge in [-0.05, 0) is 75.8 Å². The Labute approximate surface area is 310 Å². The van der Waals surface area contributed by atoms with E-state index in [4.69, 9.17) is 19.4 Å². The Morgan fingerprint density at radius 3 is 1.98 bits per heavy atom. The number of hydrogen-bond acceptors (Lipinski definition) is 5. The lowest BCUT2D eigenvalue weighted by molar-refractivity contribution is 0.647. The zero-order valence-corrected chi connectivity index (χ0v) is 29.9. The first-order valence-electron chi connectivity index (χ1n) is 17.9. The summed E-state index contributed by atoms with van der Waals surface area (Å²) in [6, 6.07) is 53.6. The lowest BCUT2D eigenvalue weighted by Gasteiger charge is -2.21. The molecular weight excluding hydrogens is 667 g/mol. The Balaban J connectivity index is 1.06. The molecule has 0 bridgehead atoms. The molecule has 5 heteroatoms. The summed E-state index contributed by atoms with van der Waals surface area (Å²) in [6.07, 6.45) is 0. The Kier molecular flexibility index (Phi) is 6.43. The molecule has 53 heavy (non-hydrogen) atoms. The molecule has 0 unspecified atom stereocenters. The van der Waals surface area contributed by atoms with Gasteiger partial charge >= 0.3 is 0 Å². The molecule has 0 aliphatic heterocycles. The third-order valence-corrected chi connectivity index (χ3v) is 12.2. The van der Waals surface area contributed by atoms with E-state index in [1.54, 1.807) is 11.3 Å². The minimum Gasteiger partial charge on any atom is -0.456 e. The molecule has 0 amide bonds. The molecule has 1 aliphatic rings. The van der Waals surface area contributed by atoms with E-state index in [0.29, 0.717) is 17.5 Å². The molecule has 10 aromatic rings. The highest BCUT2D eigenvalue weighted by Crippen LogP contribution is 2.52. The molecule has 250 valence electrons. The maximum Gasteiger partial charge on any atom is 0.165 e. The minimum atomic E-state index is -0.148. The maximum absolute atomic E-state index is 6.31. The molecule has 1 aliphatic carbocycles. The highest BCUT2D eigenvalue weighted by molar-refractivity contribution is 7.26. The van der Waals surface area contributed by atoms with Crippen molar-refractivity contribution in [3.05, 3.63) is 163 Å². The van der Waals surface area contributed by atoms with Gasteiger partial charge in [0.05, 0.1) is 0 Å². The van der Waals surface area contributed by atoms with Gasteiger partial charge in [-0.15, -0.1) is 11.3 Å². The van der Waals surface area contributed by atoms with Crippen LogP contribution in [0.3, 0.4) is 0 Å². The maximum atomic E-state index is 6.31. The molecule has 0 saturated carbocycles. The first-order valence-corrected chi connectivity index (χ1v) is 18.7. The topological polar surface area (TPSA) is 51.8 Å². The summed E-state index contributed by atoms with van der Waals surface area (Å²) in [4.78, 5) is 15.4. The quantitative estimate of drug-likeness (QED) is 0.184. The molecule has 11 rings (SSSR count). The van der Waals surface area contributed by atoms with Gasteiger partial charge in [-0.25, -0.2) is 15.0 Å². The van der Waals surface area contributed by atoms with Gasteiger partial charge in [0.15, 0.2) is 17.5 Å². The molecular formula is C48H31N3OS. The average Bonchev–Trinajstić information content (AvgIpc) is 3.84. The molecule has 0 atom stereocenters. The summed E-state index contributed by atoms with van der Waals surface area (Å²) in [5, 5.41) is 4.77. The van der Waals surface area contributed by atoms with Crippen molar-refractivity contribution in [1.82, 2.24) is 15.0 Å². The number of benzene rings is 7. The molecule has 0 saturated heterocycles. The SMILES string of the molecule is CC1(C)c2ccc(-c3cccc(-c4nc(-c5ccccc5)nc(-c5cccc6c5sc5ccccc56)n4)c3)cc2-c2cc3c(cc21)oc1ccccc13. The highest BCUT2D eigenvalue weighted by atomic mass is 32.1. The lowest BCUT2D eigenvalue weighted by Crippen LogP contribution is -2.14. The zero-order valence-electron chi connectivity index (χ0n) is 29.1. The van der Waals surface area contributed by atoms with Crippen molar-refractivity contribution in [2.75, 3.05) is 0 Å². The second kappa shape index (κ2) is 11.3. The Hall–Kier alpha value is -6.43. The van der Waals surface area contributed by atoms with E-state index in [0.717, 1.165) is 49.8 Å². The molecule has 3 aromatic heterocycles. The number of fused-ring (bicyclic) bond motifs is 9. The van der Waals surface area contributed by atoms with Gasteiger partial charge in [-0.2, -0.15) is 0 Å². The Morgan fingerprint density at radius 1 is 0.434 bits per heavy atom. The van der Waals surface area contributed by atoms with Crippen molar-refractivity contribution in [2.45, 2.75) is 19.3 Å². The van der Waals surface area contributed by atoms with Gasteiger partial charge in [0.25, 0.3) is 0 Å². The third kappa shape index (κ3) is 4.64. The summed E-state index contributed by atoms with van der Waals surface area (Å²) in [7, 11) is 0. The largest absolute Gasteiger partial charge is 0.456 e. The molecule has 0 spiro atoms. The van der Waals surface area contributed by atoms with Gasteiger partial charge in [0.1, 0.15) is 11.2 Å². The predicted molar refractivity (Wildman–Crippen MR) is 219 cm³/mol. The Bertz CT molecular complexity index is 3100. The van der Waals surface area contributed by atoms with Crippen LogP contribution in [-0.2, 0) is 5.41 Å². The second-order valence-corrected chi connectivity index (χ2v) is 15.5. The lowest BCUT2D eigenvalue weighted by atomic mass is 9.82. The number of thiophene rings is 1. The van der Waals surface area contributed by atoms with Crippen molar-refractivity contribution in [2.24, 2.45) is 0 Å². The van der Waals surface area contributed by atoms with Crippen LogP contribution in [0.25, 0.3) is 98.5 Å². The summed E-state index contributed by atoms with van der Waals surface area (Å²) in [5.74, 6) is 1.98. The first-order chi connectivity index (χ1) is 26.0. The van der Waals surface area contributed by atoms with Crippen LogP contribution in [0.2, 0.25) is 0 Å². The van der Waals surface area contributed by atoms with Crippen molar-refractivity contribution in [3.63, 3.8) is 0 Å². The number of nitrogens with zero attached hydrogens (tertiary/aromatic N) is 3. The van der Waals surface area contributed by atoms with Crippen LogP contribution in [0.1, 0.15) is 25.0 Å². The number of furan rings is 1. The van der Waals surface area contributed by atoms with Crippen molar-refractivity contribution in [1.29, 1.82) is 0 Å². The number of para-hydroxylation sites is 1. The fourth-order valence-electron chi connectivity index (χ4n) is 8.25. The third-order valence-electron chi connectivity index (χ3n) is 10.9. The van der Waals surface area contributed by atoms with Gasteiger partial charge in [-0.1, -0.05) is 123 Å². The fraction of sp³-hybridized carbons (Fsp3) is 0.0625. The molecule has 4 nitrogen and oxygen atoms in total. The van der Waals surface area contributed by atoms with Crippen molar-refractivity contribution >= 4 is 53.4 Å². The summed E-state index contributed by atoms with van der Waals surface area (Å²) in [5.41, 5.74) is 12.1. The van der Waals surface area contributed by atoms with Gasteiger partial charge in [0, 0.05) is 53.1 Å². The summed E-state index contributed by atoms with van der Waals surface area (Å²) < 4.78 is 8.74. The van der Waals surface area contributed by atoms with Crippen LogP contribution in [-0.4, -0.2) is 15.0 Å². The van der Waals surface area contributed by atoms with Crippen molar-refractivity contribution < 1.29 is 4.42 Å². The zero-order chi connectivity index (χ0) is 35.3. The monoisotopic (exact) mass is 697 g/mol. The van der Waals surface area contributed by atoms with Crippen LogP contribution in [0.5, 0.6) is 0 Å². The van der Waals surface area contributed by atoms with Gasteiger partial charge in [-0.3, -0.25) is 0 Å². The Morgan fingerprint density at radius 2 is 1.09 bits per heavy atom. The molecule has 7 aromatic carbocycles. The van der Waals surface area contributed by atoms with Crippen LogP contribution in [0.15, 0.2) is 156 Å². The number of rotatable bonds is 4. The standard InChI is InChI=1S/C48H31N3OS/c1-48(2)39-23-22-30(25-36(39)37-26-38-32-16-6-8-20-41(32)52-42(38)27-40(37)48)29-14-10-15-31(24-29)46-49-45(28-12-4-3-5-13-28)50-47(51-46)35-19-11-18-34-33-17-7-9-21-43(33)53-44(34)35/h3-27H,1-2H3. The van der Waals surface area contributed by atoms with E-state index < -0.39 is 0 Å². The van der Waals surface area contributed by atoms with E-state index >= 15 is 0 Å². The van der Waals surface area contributed by atoms with E-state index in [-0.39, 0.29) is 5.41 Å².